The van der Waals surface area contributed by atoms with Crippen molar-refractivity contribution in [1.82, 2.24) is 0 Å². The van der Waals surface area contributed by atoms with Crippen LogP contribution in [-0.2, 0) is 0 Å². The van der Waals surface area contributed by atoms with Crippen molar-refractivity contribution in [2.75, 3.05) is 0 Å². The fraction of sp³-hybridized carbons (Fsp3) is 0. The van der Waals surface area contributed by atoms with E-state index in [2.05, 4.69) is 0 Å². The van der Waals surface area contributed by atoms with Gasteiger partial charge in [0.2, 0.25) is 0 Å². The third-order valence-electron chi connectivity index (χ3n) is 0. The van der Waals surface area contributed by atoms with E-state index < -0.39 is 0 Å². The molecule has 41 valence electrons. The summed E-state index contributed by atoms with van der Waals surface area (Å²) in [5.74, 6) is 0. The van der Waals surface area contributed by atoms with E-state index in [0.717, 1.165) is 0 Å². The maximum Gasteiger partial charge on any atom is 0 e. The van der Waals surface area contributed by atoms with Crippen LogP contribution in [0.25, 0.3) is 0 Å². The molecular weight excluding hydrogens is 213 g/mol. The third kappa shape index (κ3) is 40.2. The fourth-order valence-corrected chi connectivity index (χ4v) is 0. The van der Waals surface area contributed by atoms with E-state index in [4.69, 9.17) is 0 Å². The van der Waals surface area contributed by atoms with Crippen LogP contribution in [-0.4, -0.2) is 96.3 Å². The van der Waals surface area contributed by atoms with Gasteiger partial charge in [0, 0.05) is 68.9 Å². The minimum absolute atomic E-state index is 0. The first-order valence-electron chi connectivity index (χ1n) is 0. The van der Waals surface area contributed by atoms with Gasteiger partial charge in [0.25, 0.3) is 0 Å². The van der Waals surface area contributed by atoms with Gasteiger partial charge in [-0.3, -0.25) is 0 Å². The number of hydrogen-bond donors (Lipinski definition) is 0. The molecule has 0 aromatic carbocycles. The standard InChI is InChI=1S/Cs.5H2O/h;5*1H2. The third-order valence-corrected chi connectivity index (χ3v) is 0. The molecule has 0 saturated heterocycles. The maximum absolute atomic E-state index is 0. The summed E-state index contributed by atoms with van der Waals surface area (Å²) in [6, 6.07) is 0. The SMILES string of the molecule is O.O.O.O.O.[Cs]. The second-order valence-electron chi connectivity index (χ2n) is 0. The molecule has 0 aliphatic heterocycles. The summed E-state index contributed by atoms with van der Waals surface area (Å²) >= 11 is 0. The van der Waals surface area contributed by atoms with Crippen LogP contribution in [0.1, 0.15) is 0 Å². The molecule has 5 nitrogen and oxygen atoms in total. The Morgan fingerprint density at radius 1 is 0.333 bits per heavy atom. The van der Waals surface area contributed by atoms with E-state index in [0.29, 0.717) is 0 Å². The van der Waals surface area contributed by atoms with Gasteiger partial charge in [0.1, 0.15) is 0 Å². The zero-order chi connectivity index (χ0) is 0. The zero-order valence-corrected chi connectivity index (χ0v) is 9.78. The van der Waals surface area contributed by atoms with Crippen LogP contribution in [0.15, 0.2) is 0 Å². The molecule has 0 spiro atoms. The van der Waals surface area contributed by atoms with E-state index in [-0.39, 0.29) is 96.3 Å². The van der Waals surface area contributed by atoms with Gasteiger partial charge in [0.05, 0.1) is 0 Å². The maximum atomic E-state index is 0. The molecule has 0 bridgehead atoms. The van der Waals surface area contributed by atoms with Crippen molar-refractivity contribution < 1.29 is 27.4 Å². The van der Waals surface area contributed by atoms with Gasteiger partial charge in [-0.25, -0.2) is 0 Å². The Balaban J connectivity index is 0. The van der Waals surface area contributed by atoms with Gasteiger partial charge < -0.3 is 27.4 Å². The smallest absolute Gasteiger partial charge is 0 e. The molecule has 0 aromatic heterocycles. The predicted molar refractivity (Wildman–Crippen MR) is 23.8 cm³/mol. The van der Waals surface area contributed by atoms with Crippen molar-refractivity contribution in [2.45, 2.75) is 0 Å². The Morgan fingerprint density at radius 2 is 0.333 bits per heavy atom. The summed E-state index contributed by atoms with van der Waals surface area (Å²) in [5.41, 5.74) is 0. The molecular formula is H10CsO5. The van der Waals surface area contributed by atoms with Crippen molar-refractivity contribution in [3.63, 3.8) is 0 Å². The molecule has 0 rings (SSSR count). The van der Waals surface area contributed by atoms with Crippen LogP contribution in [0.2, 0.25) is 0 Å². The van der Waals surface area contributed by atoms with Gasteiger partial charge in [-0.1, -0.05) is 0 Å². The first-order valence-corrected chi connectivity index (χ1v) is 0. The molecule has 0 aromatic rings. The van der Waals surface area contributed by atoms with Crippen molar-refractivity contribution >= 4 is 68.9 Å². The monoisotopic (exact) mass is 223 g/mol. The summed E-state index contributed by atoms with van der Waals surface area (Å²) in [6.45, 7) is 0. The van der Waals surface area contributed by atoms with Crippen LogP contribution in [0.3, 0.4) is 0 Å². The summed E-state index contributed by atoms with van der Waals surface area (Å²) in [5, 5.41) is 0. The Bertz CT molecular complexity index is 3.90. The second-order valence-corrected chi connectivity index (χ2v) is 0. The van der Waals surface area contributed by atoms with Crippen molar-refractivity contribution in [3.05, 3.63) is 0 Å². The van der Waals surface area contributed by atoms with Crippen molar-refractivity contribution in [1.29, 1.82) is 0 Å². The molecule has 6 heavy (non-hydrogen) atoms. The summed E-state index contributed by atoms with van der Waals surface area (Å²) in [6.07, 6.45) is 0. The normalized spacial score (nSPS) is 0. The minimum Gasteiger partial charge on any atom is -0.412 e. The van der Waals surface area contributed by atoms with E-state index >= 15 is 0 Å². The largest absolute Gasteiger partial charge is 0.412 e. The molecule has 6 heteroatoms. The molecule has 0 atom stereocenters. The quantitative estimate of drug-likeness (QED) is 0.387. The van der Waals surface area contributed by atoms with Gasteiger partial charge >= 0.3 is 0 Å². The van der Waals surface area contributed by atoms with Crippen molar-refractivity contribution in [3.8, 4) is 0 Å². The summed E-state index contributed by atoms with van der Waals surface area (Å²) in [4.78, 5) is 0. The second kappa shape index (κ2) is 68.4. The van der Waals surface area contributed by atoms with Crippen LogP contribution in [0.4, 0.5) is 0 Å². The number of rotatable bonds is 0. The van der Waals surface area contributed by atoms with Crippen LogP contribution < -0.4 is 0 Å². The predicted octanol–water partition coefficient (Wildman–Crippen LogP) is -4.50. The molecule has 10 N–H and O–H groups in total. The van der Waals surface area contributed by atoms with Gasteiger partial charge in [0.15, 0.2) is 0 Å². The van der Waals surface area contributed by atoms with Gasteiger partial charge in [-0.2, -0.15) is 0 Å². The molecule has 1 radical (unpaired) electrons. The van der Waals surface area contributed by atoms with E-state index in [1.165, 1.54) is 0 Å². The first kappa shape index (κ1) is 107. The Hall–Kier alpha value is 1.85. The first-order chi connectivity index (χ1) is 0. The molecule has 0 unspecified atom stereocenters. The van der Waals surface area contributed by atoms with E-state index in [9.17, 15) is 0 Å². The van der Waals surface area contributed by atoms with Crippen LogP contribution >= 0.6 is 0 Å². The molecule has 0 amide bonds. The van der Waals surface area contributed by atoms with Gasteiger partial charge in [-0.15, -0.1) is 0 Å². The molecule has 0 heterocycles. The Morgan fingerprint density at radius 3 is 0.333 bits per heavy atom. The van der Waals surface area contributed by atoms with E-state index in [1.54, 1.807) is 0 Å². The van der Waals surface area contributed by atoms with Crippen molar-refractivity contribution in [2.24, 2.45) is 0 Å². The van der Waals surface area contributed by atoms with Gasteiger partial charge in [-0.05, 0) is 0 Å². The minimum atomic E-state index is 0. The Labute approximate surface area is 94.1 Å². The summed E-state index contributed by atoms with van der Waals surface area (Å²) < 4.78 is 0. The molecule has 0 aliphatic rings. The average Bonchev–Trinajstić information content (AvgIpc) is 0. The topological polar surface area (TPSA) is 158 Å². The number of hydrogen-bond acceptors (Lipinski definition) is 0. The van der Waals surface area contributed by atoms with Crippen LogP contribution in [0, 0.1) is 0 Å². The van der Waals surface area contributed by atoms with E-state index in [1.807, 2.05) is 0 Å². The zero-order valence-electron chi connectivity index (χ0n) is 3.50. The molecule has 0 fully saturated rings. The Kier molecular flexibility index (Phi) is 1230. The molecule has 0 aliphatic carbocycles. The van der Waals surface area contributed by atoms with Crippen LogP contribution in [0.5, 0.6) is 0 Å². The molecule has 0 saturated carbocycles. The fourth-order valence-electron chi connectivity index (χ4n) is 0. The summed E-state index contributed by atoms with van der Waals surface area (Å²) in [7, 11) is 0. The average molecular weight is 223 g/mol.